The number of carbonyl (C=O) groups is 1. The molecule has 0 N–H and O–H groups in total. The fraction of sp³-hybridized carbons (Fsp3) is 0.667. The van der Waals surface area contributed by atoms with Gasteiger partial charge < -0.3 is 21.7 Å². The predicted molar refractivity (Wildman–Crippen MR) is 87.3 cm³/mol. The highest BCUT2D eigenvalue weighted by Gasteiger charge is 2.33. The Balaban J connectivity index is 0.00000361. The van der Waals surface area contributed by atoms with E-state index in [0.29, 0.717) is 6.61 Å². The topological polar surface area (TPSA) is 26.3 Å². The maximum atomic E-state index is 11.8. The molecule has 1 heterocycles. The number of carbonyl (C=O) groups excluding carboxylic acids is 1. The van der Waals surface area contributed by atoms with E-state index in [9.17, 15) is 4.79 Å². The van der Waals surface area contributed by atoms with Crippen molar-refractivity contribution in [2.24, 2.45) is 0 Å². The molecular weight excluding hydrogens is 355 g/mol. The van der Waals surface area contributed by atoms with Gasteiger partial charge in [-0.15, -0.1) is 11.3 Å². The summed E-state index contributed by atoms with van der Waals surface area (Å²) in [5, 5.41) is 0. The average Bonchev–Trinajstić information content (AvgIpc) is 2.78. The molecule has 0 bridgehead atoms. The number of esters is 1. The van der Waals surface area contributed by atoms with Crippen LogP contribution in [0.2, 0.25) is 0 Å². The molecule has 1 rings (SSSR count). The third-order valence-electron chi connectivity index (χ3n) is 3.99. The van der Waals surface area contributed by atoms with Crippen molar-refractivity contribution in [2.75, 3.05) is 25.1 Å². The first kappa shape index (κ1) is 20.1. The number of halogens is 1. The van der Waals surface area contributed by atoms with Crippen molar-refractivity contribution in [1.29, 1.82) is 0 Å². The number of hydrogen-bond donors (Lipinski definition) is 0. The summed E-state index contributed by atoms with van der Waals surface area (Å²) in [7, 11) is -0.862. The summed E-state index contributed by atoms with van der Waals surface area (Å²) in [6.45, 7) is 11.4. The number of thiophene rings is 1. The van der Waals surface area contributed by atoms with Gasteiger partial charge in [0.25, 0.3) is 0 Å². The lowest BCUT2D eigenvalue weighted by Crippen LogP contribution is -3.00. The molecule has 0 aliphatic heterocycles. The Labute approximate surface area is 138 Å². The molecule has 2 nitrogen and oxygen atoms in total. The Kier molecular flexibility index (Phi) is 9.21. The summed E-state index contributed by atoms with van der Waals surface area (Å²) in [5.41, 5.74) is 1.26. The van der Waals surface area contributed by atoms with Gasteiger partial charge in [-0.25, -0.2) is 4.79 Å². The molecule has 1 aromatic rings. The van der Waals surface area contributed by atoms with Crippen LogP contribution in [0.4, 0.5) is 0 Å². The number of hydrogen-bond acceptors (Lipinski definition) is 3. The van der Waals surface area contributed by atoms with Crippen LogP contribution in [0, 0.1) is 6.92 Å². The second-order valence-corrected chi connectivity index (χ2v) is 10.9. The monoisotopic (exact) mass is 380 g/mol. The van der Waals surface area contributed by atoms with Crippen LogP contribution in [0.25, 0.3) is 0 Å². The lowest BCUT2D eigenvalue weighted by Gasteiger charge is -2.23. The molecule has 0 amide bonds. The molecule has 0 aliphatic rings. The quantitative estimate of drug-likeness (QED) is 0.532. The molecule has 0 radical (unpaired) electrons. The Morgan fingerprint density at radius 2 is 1.75 bits per heavy atom. The van der Waals surface area contributed by atoms with E-state index in [4.69, 9.17) is 4.74 Å². The summed E-state index contributed by atoms with van der Waals surface area (Å²) in [6, 6.07) is 1.99. The fourth-order valence-corrected chi connectivity index (χ4v) is 7.10. The predicted octanol–water partition coefficient (Wildman–Crippen LogP) is 1.81. The summed E-state index contributed by atoms with van der Waals surface area (Å²) in [6.07, 6.45) is 5.08. The second-order valence-electron chi connectivity index (χ2n) is 4.89. The molecule has 0 aromatic carbocycles. The van der Waals surface area contributed by atoms with Crippen LogP contribution in [-0.2, 0) is 10.9 Å². The van der Waals surface area contributed by atoms with Gasteiger partial charge in [-0.3, -0.25) is 0 Å². The Hall–Kier alpha value is 0.0800. The summed E-state index contributed by atoms with van der Waals surface area (Å²) < 4.78 is 5.09. The molecule has 0 atom stereocenters. The highest BCUT2D eigenvalue weighted by Crippen LogP contribution is 2.61. The Morgan fingerprint density at radius 1 is 1.20 bits per heavy atom. The molecular formula is C15H26BrO2PS. The van der Waals surface area contributed by atoms with Crippen molar-refractivity contribution < 1.29 is 26.5 Å². The third kappa shape index (κ3) is 4.82. The van der Waals surface area contributed by atoms with E-state index in [1.54, 1.807) is 11.3 Å². The zero-order valence-electron chi connectivity index (χ0n) is 13.2. The average molecular weight is 381 g/mol. The van der Waals surface area contributed by atoms with E-state index in [-0.39, 0.29) is 23.0 Å². The van der Waals surface area contributed by atoms with Crippen LogP contribution in [0.1, 0.15) is 47.8 Å². The van der Waals surface area contributed by atoms with Gasteiger partial charge in [0.05, 0.1) is 31.3 Å². The first-order valence-corrected chi connectivity index (χ1v) is 10.5. The maximum Gasteiger partial charge on any atom is 0.348 e. The summed E-state index contributed by atoms with van der Waals surface area (Å²) >= 11 is 1.63. The van der Waals surface area contributed by atoms with Crippen LogP contribution in [0.15, 0.2) is 6.07 Å². The zero-order valence-corrected chi connectivity index (χ0v) is 16.5. The molecule has 0 spiro atoms. The molecule has 0 saturated heterocycles. The van der Waals surface area contributed by atoms with E-state index in [1.165, 1.54) is 35.1 Å². The van der Waals surface area contributed by atoms with E-state index in [0.717, 1.165) is 4.88 Å². The van der Waals surface area contributed by atoms with Gasteiger partial charge in [0.15, 0.2) is 0 Å². The molecule has 0 fully saturated rings. The first-order chi connectivity index (χ1) is 9.01. The van der Waals surface area contributed by atoms with Crippen LogP contribution in [0.3, 0.4) is 0 Å². The highest BCUT2D eigenvalue weighted by molar-refractivity contribution is 7.75. The molecule has 0 unspecified atom stereocenters. The van der Waals surface area contributed by atoms with Crippen molar-refractivity contribution in [3.05, 3.63) is 21.4 Å². The fourth-order valence-electron chi connectivity index (χ4n) is 2.29. The lowest BCUT2D eigenvalue weighted by molar-refractivity contribution is -0.0000222. The van der Waals surface area contributed by atoms with Crippen LogP contribution < -0.4 is 17.0 Å². The summed E-state index contributed by atoms with van der Waals surface area (Å²) in [4.78, 5) is 13.9. The van der Waals surface area contributed by atoms with Gasteiger partial charge in [-0.1, -0.05) is 0 Å². The number of ether oxygens (including phenoxy) is 1. The standard InChI is InChI=1S/C15H26O2PS.BrH/c1-6-17-15(16)13-10-12(5)14(19-13)11-18(7-2,8-3)9-4;/h10H,6-9,11H2,1-5H3;1H/q+1;/p-1. The largest absolute Gasteiger partial charge is 1.00 e. The van der Waals surface area contributed by atoms with E-state index < -0.39 is 7.26 Å². The van der Waals surface area contributed by atoms with Gasteiger partial charge in [0.1, 0.15) is 4.88 Å². The van der Waals surface area contributed by atoms with Crippen molar-refractivity contribution in [2.45, 2.75) is 40.8 Å². The smallest absolute Gasteiger partial charge is 0.348 e. The number of rotatable bonds is 7. The van der Waals surface area contributed by atoms with Crippen LogP contribution in [0.5, 0.6) is 0 Å². The second kappa shape index (κ2) is 9.17. The van der Waals surface area contributed by atoms with Gasteiger partial charge >= 0.3 is 5.97 Å². The SMILES string of the molecule is CCOC(=O)c1cc(C)c(C[P+](CC)(CC)CC)s1.[Br-]. The van der Waals surface area contributed by atoms with Gasteiger partial charge in [0, 0.05) is 12.1 Å². The molecule has 1 aromatic heterocycles. The zero-order chi connectivity index (χ0) is 14.5. The van der Waals surface area contributed by atoms with Crippen LogP contribution in [-0.4, -0.2) is 31.1 Å². The van der Waals surface area contributed by atoms with Crippen molar-refractivity contribution in [3.8, 4) is 0 Å². The van der Waals surface area contributed by atoms with Crippen molar-refractivity contribution in [1.82, 2.24) is 0 Å². The minimum Gasteiger partial charge on any atom is -1.00 e. The van der Waals surface area contributed by atoms with Crippen LogP contribution >= 0.6 is 18.6 Å². The maximum absolute atomic E-state index is 11.8. The molecule has 0 aliphatic carbocycles. The third-order valence-corrected chi connectivity index (χ3v) is 10.4. The molecule has 116 valence electrons. The van der Waals surface area contributed by atoms with E-state index >= 15 is 0 Å². The van der Waals surface area contributed by atoms with Crippen molar-refractivity contribution >= 4 is 24.6 Å². The Morgan fingerprint density at radius 3 is 2.20 bits per heavy atom. The van der Waals surface area contributed by atoms with Gasteiger partial charge in [-0.05, 0) is 46.2 Å². The first-order valence-electron chi connectivity index (χ1n) is 7.13. The van der Waals surface area contributed by atoms with Gasteiger partial charge in [-0.2, -0.15) is 0 Å². The van der Waals surface area contributed by atoms with E-state index in [2.05, 4.69) is 27.7 Å². The highest BCUT2D eigenvalue weighted by atomic mass is 79.9. The normalized spacial score (nSPS) is 11.1. The Bertz CT molecular complexity index is 419. The lowest BCUT2D eigenvalue weighted by atomic mass is 10.3. The molecule has 20 heavy (non-hydrogen) atoms. The van der Waals surface area contributed by atoms with E-state index in [1.807, 2.05) is 13.0 Å². The summed E-state index contributed by atoms with van der Waals surface area (Å²) in [5.74, 6) is -0.171. The molecule has 0 saturated carbocycles. The minimum absolute atomic E-state index is 0. The minimum atomic E-state index is -0.862. The van der Waals surface area contributed by atoms with Gasteiger partial charge in [0.2, 0.25) is 0 Å². The molecule has 5 heteroatoms. The van der Waals surface area contributed by atoms with Crippen molar-refractivity contribution in [3.63, 3.8) is 0 Å². The number of aryl methyl sites for hydroxylation is 1.